The molecule has 0 spiro atoms. The number of primary amides is 1. The van der Waals surface area contributed by atoms with Gasteiger partial charge in [0.05, 0.1) is 0 Å². The first-order valence-electron chi connectivity index (χ1n) is 6.32. The predicted octanol–water partition coefficient (Wildman–Crippen LogP) is 3.64. The third kappa shape index (κ3) is 7.40. The topological polar surface area (TPSA) is 43.1 Å². The van der Waals surface area contributed by atoms with Crippen molar-refractivity contribution in [2.45, 2.75) is 72.1 Å². The van der Waals surface area contributed by atoms with Gasteiger partial charge in [-0.1, -0.05) is 40.0 Å². The zero-order valence-electron chi connectivity index (χ0n) is 10.6. The van der Waals surface area contributed by atoms with Gasteiger partial charge in [-0.15, -0.1) is 0 Å². The van der Waals surface area contributed by atoms with Crippen molar-refractivity contribution in [2.75, 3.05) is 0 Å². The van der Waals surface area contributed by atoms with E-state index in [2.05, 4.69) is 20.8 Å². The van der Waals surface area contributed by atoms with E-state index in [-0.39, 0.29) is 5.91 Å². The maximum Gasteiger partial charge on any atom is 0.217 e. The minimum Gasteiger partial charge on any atom is -0.370 e. The molecule has 0 aliphatic carbocycles. The van der Waals surface area contributed by atoms with Gasteiger partial charge in [-0.2, -0.15) is 0 Å². The number of carbonyl (C=O) groups is 1. The number of rotatable bonds is 9. The maximum absolute atomic E-state index is 10.7. The molecule has 0 fully saturated rings. The van der Waals surface area contributed by atoms with Gasteiger partial charge in [0.15, 0.2) is 0 Å². The molecule has 15 heavy (non-hydrogen) atoms. The van der Waals surface area contributed by atoms with Gasteiger partial charge in [-0.05, 0) is 31.1 Å². The van der Waals surface area contributed by atoms with Crippen LogP contribution in [-0.2, 0) is 4.79 Å². The number of amides is 1. The van der Waals surface area contributed by atoms with Crippen LogP contribution < -0.4 is 5.73 Å². The van der Waals surface area contributed by atoms with Crippen LogP contribution in [0.3, 0.4) is 0 Å². The molecule has 0 rings (SSSR count). The van der Waals surface area contributed by atoms with E-state index in [1.165, 1.54) is 32.1 Å². The first kappa shape index (κ1) is 14.5. The molecule has 0 heterocycles. The molecular weight excluding hydrogens is 186 g/mol. The number of carbonyl (C=O) groups excluding carboxylic acids is 1. The number of hydrogen-bond donors (Lipinski definition) is 1. The van der Waals surface area contributed by atoms with E-state index in [1.54, 1.807) is 0 Å². The maximum atomic E-state index is 10.7. The standard InChI is InChI=1S/C13H27NO/c1-4-6-10-13(3,9-5-2)11-7-8-12(14)15/h4-11H2,1-3H3,(H2,14,15). The molecule has 0 aromatic carbocycles. The van der Waals surface area contributed by atoms with E-state index in [0.717, 1.165) is 12.8 Å². The van der Waals surface area contributed by atoms with E-state index >= 15 is 0 Å². The van der Waals surface area contributed by atoms with E-state index in [9.17, 15) is 4.79 Å². The van der Waals surface area contributed by atoms with Gasteiger partial charge in [0.25, 0.3) is 0 Å². The van der Waals surface area contributed by atoms with Crippen molar-refractivity contribution in [3.63, 3.8) is 0 Å². The smallest absolute Gasteiger partial charge is 0.217 e. The van der Waals surface area contributed by atoms with Crippen molar-refractivity contribution in [3.8, 4) is 0 Å². The van der Waals surface area contributed by atoms with Gasteiger partial charge in [0.2, 0.25) is 5.91 Å². The second-order valence-electron chi connectivity index (χ2n) is 4.98. The van der Waals surface area contributed by atoms with Gasteiger partial charge in [-0.3, -0.25) is 4.79 Å². The Hall–Kier alpha value is -0.530. The van der Waals surface area contributed by atoms with Crippen LogP contribution in [0.5, 0.6) is 0 Å². The first-order valence-corrected chi connectivity index (χ1v) is 6.32. The monoisotopic (exact) mass is 213 g/mol. The Morgan fingerprint density at radius 2 is 1.67 bits per heavy atom. The number of nitrogens with two attached hydrogens (primary N) is 1. The Morgan fingerprint density at radius 3 is 2.13 bits per heavy atom. The zero-order valence-corrected chi connectivity index (χ0v) is 10.6. The summed E-state index contributed by atoms with van der Waals surface area (Å²) in [5.41, 5.74) is 5.59. The molecule has 0 aliphatic heterocycles. The van der Waals surface area contributed by atoms with Crippen molar-refractivity contribution < 1.29 is 4.79 Å². The van der Waals surface area contributed by atoms with Crippen LogP contribution in [0.4, 0.5) is 0 Å². The van der Waals surface area contributed by atoms with E-state index in [0.29, 0.717) is 11.8 Å². The predicted molar refractivity (Wildman–Crippen MR) is 65.6 cm³/mol. The molecule has 0 bridgehead atoms. The van der Waals surface area contributed by atoms with Gasteiger partial charge >= 0.3 is 0 Å². The molecule has 2 heteroatoms. The second-order valence-corrected chi connectivity index (χ2v) is 4.98. The van der Waals surface area contributed by atoms with Crippen molar-refractivity contribution in [1.82, 2.24) is 0 Å². The average Bonchev–Trinajstić information content (AvgIpc) is 2.15. The molecule has 0 aromatic heterocycles. The molecule has 2 N–H and O–H groups in total. The summed E-state index contributed by atoms with van der Waals surface area (Å²) in [4.78, 5) is 10.7. The summed E-state index contributed by atoms with van der Waals surface area (Å²) in [5.74, 6) is -0.163. The van der Waals surface area contributed by atoms with Gasteiger partial charge in [0.1, 0.15) is 0 Å². The van der Waals surface area contributed by atoms with Crippen molar-refractivity contribution in [3.05, 3.63) is 0 Å². The Balaban J connectivity index is 3.94. The molecule has 0 radical (unpaired) electrons. The Bertz CT molecular complexity index is 179. The van der Waals surface area contributed by atoms with Crippen molar-refractivity contribution in [2.24, 2.45) is 11.1 Å². The molecule has 0 aliphatic rings. The summed E-state index contributed by atoms with van der Waals surface area (Å²) in [6.45, 7) is 6.82. The minimum atomic E-state index is -0.163. The summed E-state index contributed by atoms with van der Waals surface area (Å²) in [6, 6.07) is 0. The highest BCUT2D eigenvalue weighted by molar-refractivity contribution is 5.73. The molecule has 1 amide bonds. The Morgan fingerprint density at radius 1 is 1.07 bits per heavy atom. The van der Waals surface area contributed by atoms with Crippen molar-refractivity contribution in [1.29, 1.82) is 0 Å². The fraction of sp³-hybridized carbons (Fsp3) is 0.923. The summed E-state index contributed by atoms with van der Waals surface area (Å²) in [5, 5.41) is 0. The van der Waals surface area contributed by atoms with Crippen LogP contribution in [0.15, 0.2) is 0 Å². The van der Waals surface area contributed by atoms with Crippen LogP contribution in [0, 0.1) is 5.41 Å². The largest absolute Gasteiger partial charge is 0.370 e. The SMILES string of the molecule is CCCCC(C)(CCC)CCCC(N)=O. The lowest BCUT2D eigenvalue weighted by Gasteiger charge is -2.29. The average molecular weight is 213 g/mol. The van der Waals surface area contributed by atoms with Crippen LogP contribution in [0.2, 0.25) is 0 Å². The quantitative estimate of drug-likeness (QED) is 0.624. The third-order valence-electron chi connectivity index (χ3n) is 3.19. The summed E-state index contributed by atoms with van der Waals surface area (Å²) in [7, 11) is 0. The lowest BCUT2D eigenvalue weighted by molar-refractivity contribution is -0.118. The Labute approximate surface area is 94.6 Å². The molecule has 0 saturated heterocycles. The first-order chi connectivity index (χ1) is 7.04. The Kier molecular flexibility index (Phi) is 7.45. The number of unbranched alkanes of at least 4 members (excludes halogenated alkanes) is 1. The second kappa shape index (κ2) is 7.72. The summed E-state index contributed by atoms with van der Waals surface area (Å²) < 4.78 is 0. The molecular formula is C13H27NO. The molecule has 0 aromatic rings. The van der Waals surface area contributed by atoms with Crippen LogP contribution in [-0.4, -0.2) is 5.91 Å². The lowest BCUT2D eigenvalue weighted by atomic mass is 9.77. The molecule has 0 saturated carbocycles. The fourth-order valence-corrected chi connectivity index (χ4v) is 2.27. The van der Waals surface area contributed by atoms with E-state index in [4.69, 9.17) is 5.73 Å². The fourth-order valence-electron chi connectivity index (χ4n) is 2.27. The molecule has 2 nitrogen and oxygen atoms in total. The third-order valence-corrected chi connectivity index (χ3v) is 3.19. The minimum absolute atomic E-state index is 0.163. The highest BCUT2D eigenvalue weighted by Gasteiger charge is 2.22. The van der Waals surface area contributed by atoms with E-state index < -0.39 is 0 Å². The normalized spacial score (nSPS) is 14.9. The molecule has 1 atom stereocenters. The van der Waals surface area contributed by atoms with Crippen LogP contribution >= 0.6 is 0 Å². The highest BCUT2D eigenvalue weighted by Crippen LogP contribution is 2.35. The summed E-state index contributed by atoms with van der Waals surface area (Å²) in [6.07, 6.45) is 8.99. The zero-order chi connectivity index (χ0) is 11.7. The van der Waals surface area contributed by atoms with Crippen LogP contribution in [0.25, 0.3) is 0 Å². The lowest BCUT2D eigenvalue weighted by Crippen LogP contribution is -2.18. The molecule has 90 valence electrons. The van der Waals surface area contributed by atoms with Gasteiger partial charge < -0.3 is 5.73 Å². The van der Waals surface area contributed by atoms with Crippen molar-refractivity contribution >= 4 is 5.91 Å². The van der Waals surface area contributed by atoms with Gasteiger partial charge in [0, 0.05) is 6.42 Å². The molecule has 1 unspecified atom stereocenters. The highest BCUT2D eigenvalue weighted by atomic mass is 16.1. The van der Waals surface area contributed by atoms with E-state index in [1.807, 2.05) is 0 Å². The number of hydrogen-bond acceptors (Lipinski definition) is 1. The van der Waals surface area contributed by atoms with Crippen LogP contribution in [0.1, 0.15) is 72.1 Å². The summed E-state index contributed by atoms with van der Waals surface area (Å²) >= 11 is 0. The van der Waals surface area contributed by atoms with Gasteiger partial charge in [-0.25, -0.2) is 0 Å².